The van der Waals surface area contributed by atoms with Gasteiger partial charge in [0.2, 0.25) is 0 Å². The minimum Gasteiger partial charge on any atom is -0.353 e. The number of piperazine rings is 1. The molecular formula is C21H28N8. The fourth-order valence-electron chi connectivity index (χ4n) is 3.62. The monoisotopic (exact) mass is 392 g/mol. The van der Waals surface area contributed by atoms with Crippen LogP contribution in [0.5, 0.6) is 0 Å². The van der Waals surface area contributed by atoms with Crippen LogP contribution in [0.4, 0.5) is 11.6 Å². The van der Waals surface area contributed by atoms with Crippen molar-refractivity contribution in [2.75, 3.05) is 36.0 Å². The predicted octanol–water partition coefficient (Wildman–Crippen LogP) is 2.83. The molecule has 8 nitrogen and oxygen atoms in total. The molecule has 0 spiro atoms. The fourth-order valence-corrected chi connectivity index (χ4v) is 3.62. The molecular weight excluding hydrogens is 364 g/mol. The second-order valence-electron chi connectivity index (χ2n) is 7.93. The Balaban J connectivity index is 1.49. The topological polar surface area (TPSA) is 75.9 Å². The molecule has 3 aromatic rings. The lowest BCUT2D eigenvalue weighted by Gasteiger charge is -2.36. The van der Waals surface area contributed by atoms with Crippen LogP contribution in [0.3, 0.4) is 0 Å². The summed E-state index contributed by atoms with van der Waals surface area (Å²) in [6, 6.07) is 4.12. The molecule has 0 radical (unpaired) electrons. The first-order chi connectivity index (χ1) is 13.9. The lowest BCUT2D eigenvalue weighted by Crippen LogP contribution is -2.47. The summed E-state index contributed by atoms with van der Waals surface area (Å²) < 4.78 is 1.85. The summed E-state index contributed by atoms with van der Waals surface area (Å²) in [6.45, 7) is 13.8. The fraction of sp³-hybridized carbons (Fsp3) is 0.476. The van der Waals surface area contributed by atoms with Crippen LogP contribution < -0.4 is 9.80 Å². The number of nitrogens with zero attached hydrogens (tertiary/aromatic N) is 8. The normalized spacial score (nSPS) is 14.7. The number of anilines is 2. The molecule has 4 heterocycles. The van der Waals surface area contributed by atoms with E-state index in [0.29, 0.717) is 5.92 Å². The Labute approximate surface area is 171 Å². The third-order valence-corrected chi connectivity index (χ3v) is 5.14. The van der Waals surface area contributed by atoms with Gasteiger partial charge in [-0.3, -0.25) is 4.98 Å². The van der Waals surface area contributed by atoms with Crippen LogP contribution in [0, 0.1) is 20.8 Å². The molecule has 0 saturated carbocycles. The molecule has 0 unspecified atom stereocenters. The van der Waals surface area contributed by atoms with Crippen LogP contribution in [0.25, 0.3) is 5.82 Å². The number of aromatic nitrogens is 6. The van der Waals surface area contributed by atoms with Crippen molar-refractivity contribution in [2.24, 2.45) is 0 Å². The van der Waals surface area contributed by atoms with E-state index in [1.807, 2.05) is 37.7 Å². The highest BCUT2D eigenvalue weighted by Crippen LogP contribution is 2.21. The van der Waals surface area contributed by atoms with Gasteiger partial charge < -0.3 is 9.80 Å². The summed E-state index contributed by atoms with van der Waals surface area (Å²) in [5.41, 5.74) is 3.05. The molecule has 0 aromatic carbocycles. The van der Waals surface area contributed by atoms with E-state index in [0.717, 1.165) is 66.5 Å². The molecule has 8 heteroatoms. The van der Waals surface area contributed by atoms with E-state index < -0.39 is 0 Å². The zero-order valence-corrected chi connectivity index (χ0v) is 17.8. The van der Waals surface area contributed by atoms with Crippen molar-refractivity contribution in [3.63, 3.8) is 0 Å². The van der Waals surface area contributed by atoms with Gasteiger partial charge in [-0.25, -0.2) is 19.6 Å². The molecule has 29 heavy (non-hydrogen) atoms. The standard InChI is InChI=1S/C21H28N8/c1-14(2)21-23-15(3)11-18(25-21)27-6-8-28(9-7-27)19-12-22-13-20(24-19)29-17(5)10-16(4)26-29/h10-14H,6-9H2,1-5H3. The minimum atomic E-state index is 0.322. The molecule has 152 valence electrons. The average Bonchev–Trinajstić information content (AvgIpc) is 3.06. The van der Waals surface area contributed by atoms with Crippen molar-refractivity contribution in [1.82, 2.24) is 29.7 Å². The van der Waals surface area contributed by atoms with Gasteiger partial charge in [0.1, 0.15) is 17.5 Å². The third-order valence-electron chi connectivity index (χ3n) is 5.14. The van der Waals surface area contributed by atoms with Crippen LogP contribution in [-0.2, 0) is 0 Å². The summed E-state index contributed by atoms with van der Waals surface area (Å²) >= 11 is 0. The number of hydrogen-bond donors (Lipinski definition) is 0. The highest BCUT2D eigenvalue weighted by molar-refractivity contribution is 5.46. The lowest BCUT2D eigenvalue weighted by molar-refractivity contribution is 0.633. The number of hydrogen-bond acceptors (Lipinski definition) is 7. The van der Waals surface area contributed by atoms with Crippen LogP contribution in [0.1, 0.15) is 42.7 Å². The maximum atomic E-state index is 4.81. The zero-order chi connectivity index (χ0) is 20.5. The zero-order valence-electron chi connectivity index (χ0n) is 17.8. The van der Waals surface area contributed by atoms with Crippen molar-refractivity contribution in [3.8, 4) is 5.82 Å². The van der Waals surface area contributed by atoms with E-state index in [-0.39, 0.29) is 0 Å². The van der Waals surface area contributed by atoms with Crippen molar-refractivity contribution in [3.05, 3.63) is 47.4 Å². The number of rotatable bonds is 4. The molecule has 0 bridgehead atoms. The van der Waals surface area contributed by atoms with Gasteiger partial charge in [0.05, 0.1) is 18.1 Å². The Hall–Kier alpha value is -3.03. The largest absolute Gasteiger partial charge is 0.353 e. The quantitative estimate of drug-likeness (QED) is 0.676. The van der Waals surface area contributed by atoms with Gasteiger partial charge in [0.25, 0.3) is 0 Å². The number of aryl methyl sites for hydroxylation is 3. The van der Waals surface area contributed by atoms with Crippen LogP contribution in [0.15, 0.2) is 24.5 Å². The molecule has 0 aliphatic carbocycles. The van der Waals surface area contributed by atoms with Crippen LogP contribution >= 0.6 is 0 Å². The molecule has 4 rings (SSSR count). The Morgan fingerprint density at radius 3 is 2.03 bits per heavy atom. The average molecular weight is 393 g/mol. The maximum Gasteiger partial charge on any atom is 0.174 e. The third kappa shape index (κ3) is 4.06. The summed E-state index contributed by atoms with van der Waals surface area (Å²) in [4.78, 5) is 23.2. The SMILES string of the molecule is Cc1cc(N2CCN(c3cncc(-n4nc(C)cc4C)n3)CC2)nc(C(C)C)n1. The first kappa shape index (κ1) is 19.3. The molecule has 1 aliphatic rings. The van der Waals surface area contributed by atoms with Crippen molar-refractivity contribution in [1.29, 1.82) is 0 Å². The molecule has 1 fully saturated rings. The molecule has 0 N–H and O–H groups in total. The Morgan fingerprint density at radius 1 is 0.759 bits per heavy atom. The maximum absolute atomic E-state index is 4.81. The Kier molecular flexibility index (Phi) is 5.17. The van der Waals surface area contributed by atoms with E-state index in [1.54, 1.807) is 6.20 Å². The minimum absolute atomic E-state index is 0.322. The predicted molar refractivity (Wildman–Crippen MR) is 114 cm³/mol. The first-order valence-electron chi connectivity index (χ1n) is 10.1. The van der Waals surface area contributed by atoms with Gasteiger partial charge in [0, 0.05) is 49.6 Å². The summed E-state index contributed by atoms with van der Waals surface area (Å²) in [5, 5.41) is 4.52. The van der Waals surface area contributed by atoms with Gasteiger partial charge >= 0.3 is 0 Å². The molecule has 1 aliphatic heterocycles. The van der Waals surface area contributed by atoms with E-state index in [2.05, 4.69) is 44.8 Å². The van der Waals surface area contributed by atoms with Gasteiger partial charge in [-0.2, -0.15) is 5.10 Å². The molecule has 0 atom stereocenters. The van der Waals surface area contributed by atoms with Gasteiger partial charge in [0.15, 0.2) is 5.82 Å². The lowest BCUT2D eigenvalue weighted by atomic mass is 10.2. The molecule has 1 saturated heterocycles. The van der Waals surface area contributed by atoms with Crippen molar-refractivity contribution in [2.45, 2.75) is 40.5 Å². The van der Waals surface area contributed by atoms with E-state index >= 15 is 0 Å². The van der Waals surface area contributed by atoms with E-state index in [4.69, 9.17) is 9.97 Å². The first-order valence-corrected chi connectivity index (χ1v) is 10.1. The van der Waals surface area contributed by atoms with E-state index in [9.17, 15) is 0 Å². The van der Waals surface area contributed by atoms with Gasteiger partial charge in [-0.05, 0) is 26.8 Å². The van der Waals surface area contributed by atoms with Crippen molar-refractivity contribution >= 4 is 11.6 Å². The molecule has 0 amide bonds. The second-order valence-corrected chi connectivity index (χ2v) is 7.93. The Bertz CT molecular complexity index is 1000. The summed E-state index contributed by atoms with van der Waals surface area (Å²) in [6.07, 6.45) is 3.59. The second kappa shape index (κ2) is 7.77. The Morgan fingerprint density at radius 2 is 1.41 bits per heavy atom. The van der Waals surface area contributed by atoms with Gasteiger partial charge in [-0.1, -0.05) is 13.8 Å². The van der Waals surface area contributed by atoms with Gasteiger partial charge in [-0.15, -0.1) is 0 Å². The summed E-state index contributed by atoms with van der Waals surface area (Å²) in [7, 11) is 0. The highest BCUT2D eigenvalue weighted by atomic mass is 15.4. The smallest absolute Gasteiger partial charge is 0.174 e. The van der Waals surface area contributed by atoms with E-state index in [1.165, 1.54) is 0 Å². The van der Waals surface area contributed by atoms with Crippen LogP contribution in [0.2, 0.25) is 0 Å². The van der Waals surface area contributed by atoms with Crippen molar-refractivity contribution < 1.29 is 0 Å². The summed E-state index contributed by atoms with van der Waals surface area (Å²) in [5.74, 6) is 3.89. The highest BCUT2D eigenvalue weighted by Gasteiger charge is 2.21. The molecule has 3 aromatic heterocycles. The van der Waals surface area contributed by atoms with Crippen LogP contribution in [-0.4, -0.2) is 55.9 Å².